The number of halogens is 3. The fraction of sp³-hybridized carbons (Fsp3) is 0.500. The largest absolute Gasteiger partial charge is 0.361 e. The van der Waals surface area contributed by atoms with Crippen molar-refractivity contribution in [3.63, 3.8) is 0 Å². The minimum absolute atomic E-state index is 0.243. The summed E-state index contributed by atoms with van der Waals surface area (Å²) in [7, 11) is 0. The third-order valence-electron chi connectivity index (χ3n) is 6.56. The molecular weight excluding hydrogens is 423 g/mol. The summed E-state index contributed by atoms with van der Waals surface area (Å²) < 4.78 is 0. The molecule has 5 heteroatoms. The summed E-state index contributed by atoms with van der Waals surface area (Å²) in [5.74, 6) is 1.61. The molecule has 0 radical (unpaired) electrons. The van der Waals surface area contributed by atoms with Gasteiger partial charge in [0.15, 0.2) is 0 Å². The van der Waals surface area contributed by atoms with Crippen LogP contribution in [0.4, 0.5) is 5.69 Å². The summed E-state index contributed by atoms with van der Waals surface area (Å²) in [4.78, 5) is 5.15. The molecule has 2 aliphatic rings. The molecule has 156 valence electrons. The van der Waals surface area contributed by atoms with E-state index < -0.39 is 0 Å². The molecule has 2 fully saturated rings. The molecule has 1 aliphatic heterocycles. The van der Waals surface area contributed by atoms with Crippen LogP contribution >= 0.6 is 34.8 Å². The molecule has 0 bridgehead atoms. The average molecular weight is 452 g/mol. The maximum atomic E-state index is 6.60. The molecule has 0 spiro atoms. The van der Waals surface area contributed by atoms with Crippen molar-refractivity contribution in [1.82, 2.24) is 4.90 Å². The minimum Gasteiger partial charge on any atom is -0.361 e. The summed E-state index contributed by atoms with van der Waals surface area (Å²) in [6.45, 7) is 7.83. The average Bonchev–Trinajstić information content (AvgIpc) is 2.68. The van der Waals surface area contributed by atoms with Crippen LogP contribution < -0.4 is 4.90 Å². The molecule has 0 amide bonds. The first-order valence-electron chi connectivity index (χ1n) is 10.6. The van der Waals surface area contributed by atoms with Gasteiger partial charge in [-0.05, 0) is 67.0 Å². The van der Waals surface area contributed by atoms with Gasteiger partial charge in [-0.1, -0.05) is 60.8 Å². The molecule has 1 aliphatic carbocycles. The highest BCUT2D eigenvalue weighted by atomic mass is 35.5. The molecular formula is C24H29Cl3N2. The van der Waals surface area contributed by atoms with Crippen molar-refractivity contribution in [3.8, 4) is 0 Å². The summed E-state index contributed by atoms with van der Waals surface area (Å²) in [6.07, 6.45) is 3.97. The number of nitrogens with zero attached hydrogens (tertiary/aromatic N) is 2. The lowest BCUT2D eigenvalue weighted by atomic mass is 9.79. The topological polar surface area (TPSA) is 6.48 Å². The van der Waals surface area contributed by atoms with Crippen LogP contribution in [0.25, 0.3) is 0 Å². The van der Waals surface area contributed by atoms with Crippen LogP contribution in [0.3, 0.4) is 0 Å². The molecule has 29 heavy (non-hydrogen) atoms. The lowest BCUT2D eigenvalue weighted by Crippen LogP contribution is -2.53. The first-order chi connectivity index (χ1) is 13.9. The van der Waals surface area contributed by atoms with Gasteiger partial charge < -0.3 is 4.90 Å². The van der Waals surface area contributed by atoms with Crippen LogP contribution in [-0.4, -0.2) is 30.6 Å². The van der Waals surface area contributed by atoms with Crippen LogP contribution in [0, 0.1) is 11.8 Å². The van der Waals surface area contributed by atoms with E-state index in [4.69, 9.17) is 34.8 Å². The van der Waals surface area contributed by atoms with Crippen molar-refractivity contribution in [2.45, 2.75) is 45.2 Å². The van der Waals surface area contributed by atoms with Gasteiger partial charge in [0.2, 0.25) is 0 Å². The van der Waals surface area contributed by atoms with E-state index in [0.717, 1.165) is 42.2 Å². The Bertz CT molecular complexity index is 829. The van der Waals surface area contributed by atoms with Crippen molar-refractivity contribution in [2.24, 2.45) is 11.8 Å². The predicted octanol–water partition coefficient (Wildman–Crippen LogP) is 7.33. The normalized spacial score (nSPS) is 28.5. The highest BCUT2D eigenvalue weighted by molar-refractivity contribution is 6.36. The Kier molecular flexibility index (Phi) is 6.65. The van der Waals surface area contributed by atoms with E-state index in [1.807, 2.05) is 30.3 Å². The van der Waals surface area contributed by atoms with Crippen molar-refractivity contribution in [3.05, 3.63) is 63.1 Å². The van der Waals surface area contributed by atoms with E-state index in [-0.39, 0.29) is 6.04 Å². The molecule has 2 aromatic rings. The second-order valence-corrected chi connectivity index (χ2v) is 10.2. The maximum absolute atomic E-state index is 6.60. The van der Waals surface area contributed by atoms with E-state index in [9.17, 15) is 0 Å². The maximum Gasteiger partial charge on any atom is 0.0670 e. The zero-order valence-corrected chi connectivity index (χ0v) is 19.4. The van der Waals surface area contributed by atoms with E-state index in [2.05, 4.69) is 35.8 Å². The van der Waals surface area contributed by atoms with Gasteiger partial charge in [-0.25, -0.2) is 0 Å². The van der Waals surface area contributed by atoms with E-state index in [1.54, 1.807) is 0 Å². The summed E-state index contributed by atoms with van der Waals surface area (Å²) >= 11 is 18.9. The number of hydrogen-bond donors (Lipinski definition) is 0. The molecule has 1 saturated heterocycles. The van der Waals surface area contributed by atoms with Crippen LogP contribution in [0.2, 0.25) is 15.1 Å². The first kappa shape index (κ1) is 21.3. The molecule has 0 aromatic heterocycles. The lowest BCUT2D eigenvalue weighted by Gasteiger charge is -2.48. The quantitative estimate of drug-likeness (QED) is 0.482. The number of benzene rings is 2. The number of anilines is 1. The SMILES string of the molecule is CC1CC(C)CC(N2CCN(c3ccc(Cl)cc3Cl)C(c3ccc(Cl)cc3)C2)C1. The van der Waals surface area contributed by atoms with Gasteiger partial charge in [-0.3, -0.25) is 4.90 Å². The van der Waals surface area contributed by atoms with Crippen molar-refractivity contribution < 1.29 is 0 Å². The second-order valence-electron chi connectivity index (χ2n) is 8.92. The standard InChI is InChI=1S/C24H29Cl3N2/c1-16-11-17(2)13-21(12-16)28-9-10-29(23-8-7-20(26)14-22(23)27)24(15-28)18-3-5-19(25)6-4-18/h3-8,14,16-17,21,24H,9-13,15H2,1-2H3. The van der Waals surface area contributed by atoms with Gasteiger partial charge in [-0.15, -0.1) is 0 Å². The summed E-state index contributed by atoms with van der Waals surface area (Å²) in [5, 5.41) is 2.16. The highest BCUT2D eigenvalue weighted by Gasteiger charge is 2.35. The van der Waals surface area contributed by atoms with E-state index in [1.165, 1.54) is 24.8 Å². The lowest BCUT2D eigenvalue weighted by molar-refractivity contribution is 0.0906. The van der Waals surface area contributed by atoms with Crippen LogP contribution in [0.1, 0.15) is 44.7 Å². The molecule has 2 nitrogen and oxygen atoms in total. The molecule has 0 N–H and O–H groups in total. The van der Waals surface area contributed by atoms with Crippen molar-refractivity contribution in [2.75, 3.05) is 24.5 Å². The Balaban J connectivity index is 1.63. The van der Waals surface area contributed by atoms with Gasteiger partial charge in [0.1, 0.15) is 0 Å². The van der Waals surface area contributed by atoms with E-state index >= 15 is 0 Å². The van der Waals surface area contributed by atoms with Gasteiger partial charge in [0.05, 0.1) is 16.8 Å². The minimum atomic E-state index is 0.243. The summed E-state index contributed by atoms with van der Waals surface area (Å²) in [5.41, 5.74) is 2.34. The third kappa shape index (κ3) is 4.88. The Morgan fingerprint density at radius 1 is 0.793 bits per heavy atom. The van der Waals surface area contributed by atoms with Crippen LogP contribution in [0.15, 0.2) is 42.5 Å². The Labute approximate surface area is 189 Å². The second kappa shape index (κ2) is 9.06. The smallest absolute Gasteiger partial charge is 0.0670 e. The summed E-state index contributed by atoms with van der Waals surface area (Å²) in [6, 6.07) is 15.0. The Hall–Kier alpha value is -0.930. The highest BCUT2D eigenvalue weighted by Crippen LogP contribution is 2.39. The molecule has 3 unspecified atom stereocenters. The van der Waals surface area contributed by atoms with Gasteiger partial charge in [0.25, 0.3) is 0 Å². The van der Waals surface area contributed by atoms with Gasteiger partial charge in [0, 0.05) is 35.7 Å². The molecule has 1 heterocycles. The van der Waals surface area contributed by atoms with Crippen LogP contribution in [0.5, 0.6) is 0 Å². The first-order valence-corrected chi connectivity index (χ1v) is 11.8. The molecule has 3 atom stereocenters. The Morgan fingerprint density at radius 3 is 2.10 bits per heavy atom. The zero-order valence-electron chi connectivity index (χ0n) is 17.1. The fourth-order valence-electron chi connectivity index (χ4n) is 5.31. The molecule has 4 rings (SSSR count). The van der Waals surface area contributed by atoms with Crippen molar-refractivity contribution >= 4 is 40.5 Å². The van der Waals surface area contributed by atoms with Gasteiger partial charge in [-0.2, -0.15) is 0 Å². The van der Waals surface area contributed by atoms with Crippen LogP contribution in [-0.2, 0) is 0 Å². The molecule has 1 saturated carbocycles. The van der Waals surface area contributed by atoms with Crippen molar-refractivity contribution in [1.29, 1.82) is 0 Å². The monoisotopic (exact) mass is 450 g/mol. The molecule has 2 aromatic carbocycles. The fourth-order valence-corrected chi connectivity index (χ4v) is 5.95. The third-order valence-corrected chi connectivity index (χ3v) is 7.35. The zero-order chi connectivity index (χ0) is 20.5. The Morgan fingerprint density at radius 2 is 1.45 bits per heavy atom. The van der Waals surface area contributed by atoms with E-state index in [0.29, 0.717) is 16.1 Å². The van der Waals surface area contributed by atoms with Gasteiger partial charge >= 0.3 is 0 Å². The predicted molar refractivity (Wildman–Crippen MR) is 126 cm³/mol. The number of hydrogen-bond acceptors (Lipinski definition) is 2. The number of rotatable bonds is 3. The number of piperazine rings is 1.